The largest absolute Gasteiger partial charge is 0.459 e. The van der Waals surface area contributed by atoms with Crippen LogP contribution >= 0.6 is 24.0 Å². The van der Waals surface area contributed by atoms with E-state index in [0.29, 0.717) is 6.54 Å². The second-order valence-corrected chi connectivity index (χ2v) is 7.65. The van der Waals surface area contributed by atoms with Crippen LogP contribution in [-0.2, 0) is 6.54 Å². The summed E-state index contributed by atoms with van der Waals surface area (Å²) in [6.45, 7) is 11.2. The molecule has 0 unspecified atom stereocenters. The van der Waals surface area contributed by atoms with E-state index < -0.39 is 0 Å². The smallest absolute Gasteiger partial charge is 0.225 e. The van der Waals surface area contributed by atoms with Crippen molar-refractivity contribution in [3.63, 3.8) is 0 Å². The quantitative estimate of drug-likeness (QED) is 0.267. The van der Waals surface area contributed by atoms with E-state index >= 15 is 0 Å². The van der Waals surface area contributed by atoms with Crippen LogP contribution in [0, 0.1) is 6.92 Å². The average Bonchev–Trinajstić information content (AvgIpc) is 3.14. The number of piperazine rings is 1. The number of hydrogen-bond donors (Lipinski definition) is 2. The molecule has 0 radical (unpaired) electrons. The maximum absolute atomic E-state index is 5.99. The minimum Gasteiger partial charge on any atom is -0.459 e. The summed E-state index contributed by atoms with van der Waals surface area (Å²) in [5.74, 6) is 2.55. The Morgan fingerprint density at radius 1 is 1.06 bits per heavy atom. The number of rotatable bonds is 7. The fourth-order valence-electron chi connectivity index (χ4n) is 3.83. The number of nitrogens with zero attached hydrogens (tertiary/aromatic N) is 5. The van der Waals surface area contributed by atoms with E-state index in [1.807, 2.05) is 24.3 Å². The van der Waals surface area contributed by atoms with E-state index in [1.165, 1.54) is 0 Å². The Labute approximate surface area is 206 Å². The molecule has 0 spiro atoms. The summed E-state index contributed by atoms with van der Waals surface area (Å²) in [4.78, 5) is 18.1. The van der Waals surface area contributed by atoms with Gasteiger partial charge in [0.05, 0.1) is 0 Å². The second kappa shape index (κ2) is 12.0. The van der Waals surface area contributed by atoms with Gasteiger partial charge in [0, 0.05) is 69.2 Å². The Hall–Kier alpha value is -2.40. The standard InChI is InChI=1S/C23H31N7O.HI/c1-3-24-22(28-17-21-18(2)19-7-4-5-8-20(19)31-21)25-11-12-29-13-15-30(16-14-29)23-26-9-6-10-27-23;/h4-10H,3,11-17H2,1-2H3,(H2,24,25,28);1H. The number of benzene rings is 1. The second-order valence-electron chi connectivity index (χ2n) is 7.65. The molecule has 2 N–H and O–H groups in total. The molecule has 3 aromatic rings. The Kier molecular flexibility index (Phi) is 9.10. The van der Waals surface area contributed by atoms with Gasteiger partial charge in [-0.05, 0) is 26.0 Å². The van der Waals surface area contributed by atoms with Gasteiger partial charge in [-0.15, -0.1) is 24.0 Å². The molecule has 1 saturated heterocycles. The number of halogens is 1. The zero-order chi connectivity index (χ0) is 21.5. The van der Waals surface area contributed by atoms with E-state index in [0.717, 1.165) is 80.0 Å². The SMILES string of the molecule is CCNC(=NCc1oc2ccccc2c1C)NCCN1CCN(c2ncccn2)CC1.I. The number of fused-ring (bicyclic) bond motifs is 1. The molecule has 172 valence electrons. The molecule has 2 aromatic heterocycles. The van der Waals surface area contributed by atoms with Crippen molar-refractivity contribution in [3.8, 4) is 0 Å². The lowest BCUT2D eigenvalue weighted by molar-refractivity contribution is 0.260. The van der Waals surface area contributed by atoms with E-state index in [4.69, 9.17) is 9.41 Å². The fraction of sp³-hybridized carbons (Fsp3) is 0.435. The zero-order valence-corrected chi connectivity index (χ0v) is 21.1. The van der Waals surface area contributed by atoms with Crippen LogP contribution < -0.4 is 15.5 Å². The van der Waals surface area contributed by atoms with Crippen molar-refractivity contribution in [3.05, 3.63) is 54.0 Å². The molecule has 32 heavy (non-hydrogen) atoms. The normalized spacial score (nSPS) is 14.9. The highest BCUT2D eigenvalue weighted by Gasteiger charge is 2.18. The summed E-state index contributed by atoms with van der Waals surface area (Å²) in [6, 6.07) is 9.98. The van der Waals surface area contributed by atoms with Gasteiger partial charge in [-0.1, -0.05) is 18.2 Å². The number of furan rings is 1. The van der Waals surface area contributed by atoms with Crippen LogP contribution in [0.25, 0.3) is 11.0 Å². The molecular weight excluding hydrogens is 517 g/mol. The Balaban J connectivity index is 0.00000289. The van der Waals surface area contributed by atoms with Gasteiger partial charge in [-0.2, -0.15) is 0 Å². The first-order valence-electron chi connectivity index (χ1n) is 11.0. The van der Waals surface area contributed by atoms with E-state index in [-0.39, 0.29) is 24.0 Å². The molecule has 1 fully saturated rings. The summed E-state index contributed by atoms with van der Waals surface area (Å²) in [5.41, 5.74) is 2.08. The van der Waals surface area contributed by atoms with Crippen molar-refractivity contribution >= 4 is 46.9 Å². The number of aromatic nitrogens is 2. The molecule has 9 heteroatoms. The third-order valence-electron chi connectivity index (χ3n) is 5.60. The Morgan fingerprint density at radius 2 is 1.81 bits per heavy atom. The van der Waals surface area contributed by atoms with Gasteiger partial charge >= 0.3 is 0 Å². The van der Waals surface area contributed by atoms with Crippen molar-refractivity contribution in [2.24, 2.45) is 4.99 Å². The monoisotopic (exact) mass is 549 g/mol. The number of aryl methyl sites for hydroxylation is 1. The van der Waals surface area contributed by atoms with Crippen molar-refractivity contribution in [1.29, 1.82) is 0 Å². The first kappa shape index (κ1) is 24.2. The highest BCUT2D eigenvalue weighted by Crippen LogP contribution is 2.25. The minimum absolute atomic E-state index is 0. The third-order valence-corrected chi connectivity index (χ3v) is 5.60. The van der Waals surface area contributed by atoms with Crippen LogP contribution in [0.4, 0.5) is 5.95 Å². The highest BCUT2D eigenvalue weighted by molar-refractivity contribution is 14.0. The fourth-order valence-corrected chi connectivity index (χ4v) is 3.83. The predicted octanol–water partition coefficient (Wildman–Crippen LogP) is 3.03. The lowest BCUT2D eigenvalue weighted by Gasteiger charge is -2.34. The van der Waals surface area contributed by atoms with E-state index in [1.54, 1.807) is 12.4 Å². The van der Waals surface area contributed by atoms with Crippen LogP contribution in [0.15, 0.2) is 52.1 Å². The number of nitrogens with one attached hydrogen (secondary N) is 2. The van der Waals surface area contributed by atoms with Gasteiger partial charge in [-0.3, -0.25) is 4.90 Å². The number of para-hydroxylation sites is 1. The Bertz CT molecular complexity index is 1000. The lowest BCUT2D eigenvalue weighted by atomic mass is 10.1. The van der Waals surface area contributed by atoms with Gasteiger partial charge in [-0.25, -0.2) is 15.0 Å². The van der Waals surface area contributed by atoms with Gasteiger partial charge in [0.15, 0.2) is 5.96 Å². The number of aliphatic imine (C=N–C) groups is 1. The van der Waals surface area contributed by atoms with Gasteiger partial charge in [0.1, 0.15) is 17.9 Å². The molecule has 4 rings (SSSR count). The van der Waals surface area contributed by atoms with Crippen LogP contribution in [0.2, 0.25) is 0 Å². The van der Waals surface area contributed by atoms with Crippen LogP contribution in [-0.4, -0.2) is 66.6 Å². The predicted molar refractivity (Wildman–Crippen MR) is 140 cm³/mol. The lowest BCUT2D eigenvalue weighted by Crippen LogP contribution is -2.49. The van der Waals surface area contributed by atoms with Gasteiger partial charge in [0.25, 0.3) is 0 Å². The zero-order valence-electron chi connectivity index (χ0n) is 18.8. The molecule has 0 aliphatic carbocycles. The molecule has 1 aromatic carbocycles. The molecule has 8 nitrogen and oxygen atoms in total. The molecule has 0 bridgehead atoms. The molecular formula is C23H32IN7O. The number of hydrogen-bond acceptors (Lipinski definition) is 6. The van der Waals surface area contributed by atoms with Crippen molar-refractivity contribution < 1.29 is 4.42 Å². The van der Waals surface area contributed by atoms with E-state index in [2.05, 4.69) is 50.3 Å². The first-order chi connectivity index (χ1) is 15.2. The molecule has 3 heterocycles. The minimum atomic E-state index is 0. The summed E-state index contributed by atoms with van der Waals surface area (Å²) in [7, 11) is 0. The Morgan fingerprint density at radius 3 is 2.53 bits per heavy atom. The van der Waals surface area contributed by atoms with Crippen molar-refractivity contribution in [2.75, 3.05) is 50.7 Å². The van der Waals surface area contributed by atoms with Gasteiger partial charge in [0.2, 0.25) is 5.95 Å². The van der Waals surface area contributed by atoms with E-state index in [9.17, 15) is 0 Å². The molecule has 0 atom stereocenters. The number of anilines is 1. The van der Waals surface area contributed by atoms with Crippen molar-refractivity contribution in [1.82, 2.24) is 25.5 Å². The summed E-state index contributed by atoms with van der Waals surface area (Å²) >= 11 is 0. The topological polar surface area (TPSA) is 81.8 Å². The van der Waals surface area contributed by atoms with Crippen molar-refractivity contribution in [2.45, 2.75) is 20.4 Å². The van der Waals surface area contributed by atoms with Gasteiger partial charge < -0.3 is 20.0 Å². The highest BCUT2D eigenvalue weighted by atomic mass is 127. The summed E-state index contributed by atoms with van der Waals surface area (Å²) < 4.78 is 5.99. The maximum Gasteiger partial charge on any atom is 0.225 e. The average molecular weight is 549 g/mol. The molecule has 1 aliphatic heterocycles. The summed E-state index contributed by atoms with van der Waals surface area (Å²) in [5, 5.41) is 7.94. The third kappa shape index (κ3) is 6.10. The van der Waals surface area contributed by atoms with Crippen LogP contribution in [0.5, 0.6) is 0 Å². The molecule has 0 amide bonds. The molecule has 0 saturated carbocycles. The van der Waals surface area contributed by atoms with Crippen LogP contribution in [0.1, 0.15) is 18.2 Å². The first-order valence-corrected chi connectivity index (χ1v) is 11.0. The number of guanidine groups is 1. The maximum atomic E-state index is 5.99. The summed E-state index contributed by atoms with van der Waals surface area (Å²) in [6.07, 6.45) is 3.60. The van der Waals surface area contributed by atoms with Crippen LogP contribution in [0.3, 0.4) is 0 Å². The molecule has 1 aliphatic rings.